The minimum atomic E-state index is -0.427. The molecular weight excluding hydrogens is 254 g/mol. The van der Waals surface area contributed by atoms with Gasteiger partial charge in [0.1, 0.15) is 0 Å². The number of rotatable bonds is 3. The standard InChI is InChI=1S/C15H21N3O2/c1-10-8-12(14(16)19)4-5-13(10)9-18-7-3-6-17-11(2)15(18)20/h4-5,8,11,17H,3,6-7,9H2,1-2H3,(H2,16,19). The second-order valence-electron chi connectivity index (χ2n) is 5.29. The number of nitrogens with two attached hydrogens (primary N) is 1. The number of nitrogens with one attached hydrogen (secondary N) is 1. The number of carbonyl (C=O) groups is 2. The largest absolute Gasteiger partial charge is 0.366 e. The number of carbonyl (C=O) groups excluding carboxylic acids is 2. The molecule has 1 saturated heterocycles. The van der Waals surface area contributed by atoms with Gasteiger partial charge >= 0.3 is 0 Å². The Morgan fingerprint density at radius 3 is 2.90 bits per heavy atom. The predicted octanol–water partition coefficient (Wildman–Crippen LogP) is 0.804. The molecule has 0 bridgehead atoms. The van der Waals surface area contributed by atoms with Crippen LogP contribution in [0.1, 0.15) is 34.8 Å². The summed E-state index contributed by atoms with van der Waals surface area (Å²) in [6, 6.07) is 5.24. The predicted molar refractivity (Wildman–Crippen MR) is 77.2 cm³/mol. The van der Waals surface area contributed by atoms with Gasteiger partial charge in [-0.05, 0) is 50.1 Å². The lowest BCUT2D eigenvalue weighted by Gasteiger charge is -2.23. The number of hydrogen-bond acceptors (Lipinski definition) is 3. The van der Waals surface area contributed by atoms with Crippen molar-refractivity contribution in [2.45, 2.75) is 32.9 Å². The van der Waals surface area contributed by atoms with Crippen molar-refractivity contribution in [2.24, 2.45) is 5.73 Å². The van der Waals surface area contributed by atoms with Crippen LogP contribution in [0.2, 0.25) is 0 Å². The van der Waals surface area contributed by atoms with E-state index in [9.17, 15) is 9.59 Å². The molecule has 1 unspecified atom stereocenters. The molecule has 1 aliphatic rings. The molecule has 0 spiro atoms. The third-order valence-corrected chi connectivity index (χ3v) is 3.73. The highest BCUT2D eigenvalue weighted by Crippen LogP contribution is 2.15. The molecular formula is C15H21N3O2. The number of aryl methyl sites for hydroxylation is 1. The van der Waals surface area contributed by atoms with Gasteiger partial charge in [0.05, 0.1) is 6.04 Å². The van der Waals surface area contributed by atoms with E-state index in [1.807, 2.05) is 24.8 Å². The molecule has 108 valence electrons. The van der Waals surface area contributed by atoms with Crippen LogP contribution < -0.4 is 11.1 Å². The van der Waals surface area contributed by atoms with Crippen molar-refractivity contribution in [1.82, 2.24) is 10.2 Å². The summed E-state index contributed by atoms with van der Waals surface area (Å²) in [7, 11) is 0. The van der Waals surface area contributed by atoms with Crippen LogP contribution >= 0.6 is 0 Å². The SMILES string of the molecule is Cc1cc(C(N)=O)ccc1CN1CCCNC(C)C1=O. The van der Waals surface area contributed by atoms with Crippen LogP contribution in [-0.2, 0) is 11.3 Å². The number of amides is 2. The van der Waals surface area contributed by atoms with Crippen LogP contribution in [0.4, 0.5) is 0 Å². The third-order valence-electron chi connectivity index (χ3n) is 3.73. The van der Waals surface area contributed by atoms with Gasteiger partial charge in [0, 0.05) is 18.7 Å². The monoisotopic (exact) mass is 275 g/mol. The molecule has 1 atom stereocenters. The van der Waals surface area contributed by atoms with Gasteiger partial charge in [-0.2, -0.15) is 0 Å². The van der Waals surface area contributed by atoms with Crippen LogP contribution in [0.3, 0.4) is 0 Å². The van der Waals surface area contributed by atoms with E-state index in [0.29, 0.717) is 12.1 Å². The lowest BCUT2D eigenvalue weighted by molar-refractivity contribution is -0.132. The molecule has 20 heavy (non-hydrogen) atoms. The Hall–Kier alpha value is -1.88. The number of primary amides is 1. The highest BCUT2D eigenvalue weighted by molar-refractivity contribution is 5.93. The van der Waals surface area contributed by atoms with Gasteiger partial charge in [-0.3, -0.25) is 9.59 Å². The number of benzene rings is 1. The van der Waals surface area contributed by atoms with E-state index in [-0.39, 0.29) is 11.9 Å². The minimum Gasteiger partial charge on any atom is -0.366 e. The Bertz CT molecular complexity index is 528. The summed E-state index contributed by atoms with van der Waals surface area (Å²) in [6.07, 6.45) is 0.953. The van der Waals surface area contributed by atoms with E-state index in [0.717, 1.165) is 30.6 Å². The summed E-state index contributed by atoms with van der Waals surface area (Å²) in [5.41, 5.74) is 7.81. The normalized spacial score (nSPS) is 19.8. The Balaban J connectivity index is 2.16. The summed E-state index contributed by atoms with van der Waals surface area (Å²) < 4.78 is 0. The Morgan fingerprint density at radius 1 is 1.50 bits per heavy atom. The molecule has 0 aliphatic carbocycles. The first-order valence-corrected chi connectivity index (χ1v) is 6.90. The maximum Gasteiger partial charge on any atom is 0.248 e. The third kappa shape index (κ3) is 3.17. The van der Waals surface area contributed by atoms with Crippen molar-refractivity contribution in [1.29, 1.82) is 0 Å². The molecule has 5 heteroatoms. The van der Waals surface area contributed by atoms with Crippen molar-refractivity contribution >= 4 is 11.8 Å². The van der Waals surface area contributed by atoms with Crippen LogP contribution in [-0.4, -0.2) is 35.8 Å². The number of hydrogen-bond donors (Lipinski definition) is 2. The van der Waals surface area contributed by atoms with Crippen molar-refractivity contribution in [3.05, 3.63) is 34.9 Å². The zero-order valence-corrected chi connectivity index (χ0v) is 12.0. The molecule has 1 heterocycles. The van der Waals surface area contributed by atoms with Gasteiger partial charge in [-0.25, -0.2) is 0 Å². The van der Waals surface area contributed by atoms with E-state index in [2.05, 4.69) is 5.32 Å². The molecule has 0 radical (unpaired) electrons. The molecule has 0 aromatic heterocycles. The summed E-state index contributed by atoms with van der Waals surface area (Å²) >= 11 is 0. The average molecular weight is 275 g/mol. The molecule has 2 rings (SSSR count). The first-order valence-electron chi connectivity index (χ1n) is 6.90. The molecule has 1 aliphatic heterocycles. The lowest BCUT2D eigenvalue weighted by Crippen LogP contribution is -2.41. The summed E-state index contributed by atoms with van der Waals surface area (Å²) in [5.74, 6) is -0.302. The van der Waals surface area contributed by atoms with E-state index >= 15 is 0 Å². The molecule has 1 aromatic rings. The van der Waals surface area contributed by atoms with Gasteiger partial charge in [-0.1, -0.05) is 6.07 Å². The van der Waals surface area contributed by atoms with Crippen molar-refractivity contribution in [3.63, 3.8) is 0 Å². The quantitative estimate of drug-likeness (QED) is 0.857. The van der Waals surface area contributed by atoms with Gasteiger partial charge in [0.25, 0.3) is 0 Å². The Labute approximate surface area is 119 Å². The highest BCUT2D eigenvalue weighted by atomic mass is 16.2. The maximum absolute atomic E-state index is 12.2. The minimum absolute atomic E-state index is 0.126. The van der Waals surface area contributed by atoms with Crippen LogP contribution in [0.25, 0.3) is 0 Å². The van der Waals surface area contributed by atoms with E-state index in [4.69, 9.17) is 5.73 Å². The topological polar surface area (TPSA) is 75.4 Å². The maximum atomic E-state index is 12.2. The number of nitrogens with zero attached hydrogens (tertiary/aromatic N) is 1. The van der Waals surface area contributed by atoms with Gasteiger partial charge in [0.15, 0.2) is 0 Å². The summed E-state index contributed by atoms with van der Waals surface area (Å²) in [6.45, 7) is 6.03. The second-order valence-corrected chi connectivity index (χ2v) is 5.29. The van der Waals surface area contributed by atoms with Crippen molar-refractivity contribution in [2.75, 3.05) is 13.1 Å². The molecule has 0 saturated carbocycles. The van der Waals surface area contributed by atoms with Gasteiger partial charge in [0.2, 0.25) is 11.8 Å². The van der Waals surface area contributed by atoms with Crippen LogP contribution in [0.5, 0.6) is 0 Å². The van der Waals surface area contributed by atoms with Crippen LogP contribution in [0, 0.1) is 6.92 Å². The highest BCUT2D eigenvalue weighted by Gasteiger charge is 2.23. The fourth-order valence-electron chi connectivity index (χ4n) is 2.45. The van der Waals surface area contributed by atoms with Gasteiger partial charge in [-0.15, -0.1) is 0 Å². The molecule has 1 aromatic carbocycles. The second kappa shape index (κ2) is 6.05. The molecule has 2 amide bonds. The smallest absolute Gasteiger partial charge is 0.248 e. The summed E-state index contributed by atoms with van der Waals surface area (Å²) in [5, 5.41) is 3.20. The van der Waals surface area contributed by atoms with E-state index in [1.54, 1.807) is 12.1 Å². The fourth-order valence-corrected chi connectivity index (χ4v) is 2.45. The molecule has 3 N–H and O–H groups in total. The molecule has 1 fully saturated rings. The Morgan fingerprint density at radius 2 is 2.25 bits per heavy atom. The Kier molecular flexibility index (Phi) is 4.39. The lowest BCUT2D eigenvalue weighted by atomic mass is 10.0. The van der Waals surface area contributed by atoms with Gasteiger partial charge < -0.3 is 16.0 Å². The first-order chi connectivity index (χ1) is 9.49. The van der Waals surface area contributed by atoms with E-state index in [1.165, 1.54) is 0 Å². The zero-order valence-electron chi connectivity index (χ0n) is 12.0. The summed E-state index contributed by atoms with van der Waals surface area (Å²) in [4.78, 5) is 25.2. The van der Waals surface area contributed by atoms with Crippen molar-refractivity contribution in [3.8, 4) is 0 Å². The van der Waals surface area contributed by atoms with E-state index < -0.39 is 5.91 Å². The van der Waals surface area contributed by atoms with Crippen LogP contribution in [0.15, 0.2) is 18.2 Å². The zero-order chi connectivity index (χ0) is 14.7. The average Bonchev–Trinajstić information content (AvgIpc) is 2.56. The first kappa shape index (κ1) is 14.5. The fraction of sp³-hybridized carbons (Fsp3) is 0.467. The van der Waals surface area contributed by atoms with Crippen molar-refractivity contribution < 1.29 is 9.59 Å². The molecule has 5 nitrogen and oxygen atoms in total.